The van der Waals surface area contributed by atoms with Gasteiger partial charge in [-0.1, -0.05) is 36.4 Å². The van der Waals surface area contributed by atoms with Crippen LogP contribution in [0, 0.1) is 0 Å². The van der Waals surface area contributed by atoms with Gasteiger partial charge < -0.3 is 18.9 Å². The second-order valence-corrected chi connectivity index (χ2v) is 9.82. The zero-order chi connectivity index (χ0) is 25.6. The van der Waals surface area contributed by atoms with Crippen LogP contribution < -0.4 is 18.9 Å². The van der Waals surface area contributed by atoms with Gasteiger partial charge in [0.15, 0.2) is 17.2 Å². The zero-order valence-corrected chi connectivity index (χ0v) is 20.9. The molecule has 1 heterocycles. The van der Waals surface area contributed by atoms with Crippen LogP contribution in [0.2, 0.25) is 0 Å². The molecular weight excluding hydrogens is 482 g/mol. The summed E-state index contributed by atoms with van der Waals surface area (Å²) in [6.07, 6.45) is 0. The number of benzene rings is 4. The van der Waals surface area contributed by atoms with Crippen LogP contribution >= 0.6 is 0 Å². The minimum atomic E-state index is -4.08. The highest BCUT2D eigenvalue weighted by molar-refractivity contribution is 7.90. The highest BCUT2D eigenvalue weighted by Gasteiger charge is 2.29. The molecule has 0 atom stereocenters. The minimum absolute atomic E-state index is 0.0740. The molecule has 0 aliphatic rings. The van der Waals surface area contributed by atoms with Gasteiger partial charge in [0.1, 0.15) is 5.52 Å². The summed E-state index contributed by atoms with van der Waals surface area (Å²) in [6.45, 7) is 1.27. The van der Waals surface area contributed by atoms with Crippen LogP contribution in [0.1, 0.15) is 6.92 Å². The predicted octanol–water partition coefficient (Wildman–Crippen LogP) is 5.14. The van der Waals surface area contributed by atoms with Gasteiger partial charge in [0.2, 0.25) is 5.75 Å². The van der Waals surface area contributed by atoms with Crippen LogP contribution in [-0.2, 0) is 14.8 Å². The molecule has 9 heteroatoms. The molecule has 0 saturated heterocycles. The van der Waals surface area contributed by atoms with E-state index in [0.29, 0.717) is 44.3 Å². The molecule has 0 unspecified atom stereocenters. The van der Waals surface area contributed by atoms with E-state index in [-0.39, 0.29) is 16.2 Å². The fourth-order valence-corrected chi connectivity index (χ4v) is 6.12. The molecule has 184 valence electrons. The summed E-state index contributed by atoms with van der Waals surface area (Å²) in [7, 11) is 0.386. The molecule has 0 spiro atoms. The summed E-state index contributed by atoms with van der Waals surface area (Å²) in [6, 6.07) is 18.7. The van der Waals surface area contributed by atoms with Crippen LogP contribution in [-0.4, -0.2) is 39.7 Å². The maximum absolute atomic E-state index is 14.0. The molecule has 0 aliphatic carbocycles. The molecular formula is C27H23NO7S. The van der Waals surface area contributed by atoms with E-state index < -0.39 is 16.0 Å². The molecule has 0 amide bonds. The molecule has 0 fully saturated rings. The summed E-state index contributed by atoms with van der Waals surface area (Å²) in [5.74, 6) is 0.533. The van der Waals surface area contributed by atoms with Crippen LogP contribution in [0.3, 0.4) is 0 Å². The smallest absolute Gasteiger partial charge is 0.308 e. The highest BCUT2D eigenvalue weighted by Crippen LogP contribution is 2.50. The molecule has 8 nitrogen and oxygen atoms in total. The Labute approximate surface area is 207 Å². The Morgan fingerprint density at radius 3 is 2.00 bits per heavy atom. The maximum atomic E-state index is 14.0. The molecule has 4 aromatic carbocycles. The van der Waals surface area contributed by atoms with Gasteiger partial charge in [0.05, 0.1) is 31.7 Å². The van der Waals surface area contributed by atoms with Crippen molar-refractivity contribution >= 4 is 48.6 Å². The number of para-hydroxylation sites is 1. The lowest BCUT2D eigenvalue weighted by molar-refractivity contribution is -0.131. The Kier molecular flexibility index (Phi) is 5.72. The van der Waals surface area contributed by atoms with E-state index in [1.165, 1.54) is 44.4 Å². The topological polar surface area (TPSA) is 93.1 Å². The fourth-order valence-electron chi connectivity index (χ4n) is 4.57. The van der Waals surface area contributed by atoms with Crippen molar-refractivity contribution in [3.8, 4) is 23.0 Å². The molecule has 5 aromatic rings. The van der Waals surface area contributed by atoms with Crippen molar-refractivity contribution in [2.75, 3.05) is 21.3 Å². The predicted molar refractivity (Wildman–Crippen MR) is 137 cm³/mol. The van der Waals surface area contributed by atoms with Gasteiger partial charge in [-0.05, 0) is 30.3 Å². The first-order chi connectivity index (χ1) is 17.3. The quantitative estimate of drug-likeness (QED) is 0.233. The Morgan fingerprint density at radius 2 is 1.36 bits per heavy atom. The summed E-state index contributed by atoms with van der Waals surface area (Å²) in [4.78, 5) is 12.4. The molecule has 5 rings (SSSR count). The average Bonchev–Trinajstić information content (AvgIpc) is 3.22. The zero-order valence-electron chi connectivity index (χ0n) is 20.1. The number of methoxy groups -OCH3 is 3. The van der Waals surface area contributed by atoms with Crippen molar-refractivity contribution in [2.45, 2.75) is 11.8 Å². The number of esters is 1. The van der Waals surface area contributed by atoms with Gasteiger partial charge in [0.25, 0.3) is 10.0 Å². The van der Waals surface area contributed by atoms with Crippen molar-refractivity contribution in [1.29, 1.82) is 0 Å². The number of nitrogens with zero attached hydrogens (tertiary/aromatic N) is 1. The van der Waals surface area contributed by atoms with Gasteiger partial charge >= 0.3 is 5.97 Å². The largest absolute Gasteiger partial charge is 0.493 e. The molecule has 0 aliphatic heterocycles. The van der Waals surface area contributed by atoms with Crippen molar-refractivity contribution in [3.05, 3.63) is 66.7 Å². The Balaban J connectivity index is 2.07. The number of carbonyl (C=O) groups excluding carboxylic acids is 1. The summed E-state index contributed by atoms with van der Waals surface area (Å²) in [5.41, 5.74) is 0.676. The lowest BCUT2D eigenvalue weighted by Crippen LogP contribution is -2.14. The molecule has 0 saturated carbocycles. The third kappa shape index (κ3) is 3.43. The first-order valence-electron chi connectivity index (χ1n) is 11.0. The minimum Gasteiger partial charge on any atom is -0.493 e. The van der Waals surface area contributed by atoms with Gasteiger partial charge in [0, 0.05) is 28.5 Å². The second kappa shape index (κ2) is 8.76. The first-order valence-corrected chi connectivity index (χ1v) is 12.4. The molecule has 0 radical (unpaired) electrons. The van der Waals surface area contributed by atoms with Gasteiger partial charge in [-0.15, -0.1) is 0 Å². The second-order valence-electron chi connectivity index (χ2n) is 8.04. The van der Waals surface area contributed by atoms with Crippen LogP contribution in [0.25, 0.3) is 32.6 Å². The van der Waals surface area contributed by atoms with E-state index in [9.17, 15) is 13.2 Å². The third-order valence-electron chi connectivity index (χ3n) is 6.02. The van der Waals surface area contributed by atoms with Gasteiger partial charge in [-0.2, -0.15) is 0 Å². The molecule has 0 N–H and O–H groups in total. The van der Waals surface area contributed by atoms with Crippen molar-refractivity contribution < 1.29 is 32.2 Å². The SMILES string of the molecule is COc1cc2c(OC(C)=O)c3c(cc2c(OC)c1OC)c1ccccc1n3S(=O)(=O)c1ccccc1. The van der Waals surface area contributed by atoms with E-state index in [1.54, 1.807) is 36.4 Å². The normalized spacial score (nSPS) is 11.7. The van der Waals surface area contributed by atoms with Crippen molar-refractivity contribution in [3.63, 3.8) is 0 Å². The Morgan fingerprint density at radius 1 is 0.722 bits per heavy atom. The molecule has 36 heavy (non-hydrogen) atoms. The lowest BCUT2D eigenvalue weighted by Gasteiger charge is -2.18. The molecule has 0 bridgehead atoms. The van der Waals surface area contributed by atoms with E-state index in [1.807, 2.05) is 18.2 Å². The van der Waals surface area contributed by atoms with E-state index in [4.69, 9.17) is 18.9 Å². The van der Waals surface area contributed by atoms with Crippen LogP contribution in [0.5, 0.6) is 23.0 Å². The number of ether oxygens (including phenoxy) is 4. The average molecular weight is 506 g/mol. The fraction of sp³-hybridized carbons (Fsp3) is 0.148. The van der Waals surface area contributed by atoms with Crippen LogP contribution in [0.15, 0.2) is 71.6 Å². The number of aromatic nitrogens is 1. The number of rotatable bonds is 6. The van der Waals surface area contributed by atoms with Crippen molar-refractivity contribution in [1.82, 2.24) is 3.97 Å². The van der Waals surface area contributed by atoms with E-state index in [0.717, 1.165) is 0 Å². The Hall–Kier alpha value is -4.24. The first kappa shape index (κ1) is 23.5. The number of hydrogen-bond acceptors (Lipinski definition) is 7. The standard InChI is InChI=1S/C27H23NO7S/c1-16(29)35-25-21-15-23(32-2)27(34-4)26(33-3)20(21)14-19-18-12-8-9-13-22(18)28(24(19)25)36(30,31)17-10-6-5-7-11-17/h5-15H,1-4H3. The molecule has 1 aromatic heterocycles. The number of carbonyl (C=O) groups is 1. The summed E-state index contributed by atoms with van der Waals surface area (Å²) < 4.78 is 51.7. The van der Waals surface area contributed by atoms with E-state index in [2.05, 4.69) is 0 Å². The third-order valence-corrected chi connectivity index (χ3v) is 7.74. The number of fused-ring (bicyclic) bond motifs is 4. The monoisotopic (exact) mass is 505 g/mol. The highest BCUT2D eigenvalue weighted by atomic mass is 32.2. The van der Waals surface area contributed by atoms with Crippen LogP contribution in [0.4, 0.5) is 0 Å². The summed E-state index contributed by atoms with van der Waals surface area (Å²) >= 11 is 0. The van der Waals surface area contributed by atoms with E-state index >= 15 is 0 Å². The summed E-state index contributed by atoms with van der Waals surface area (Å²) in [5, 5.41) is 2.23. The van der Waals surface area contributed by atoms with Crippen molar-refractivity contribution in [2.24, 2.45) is 0 Å². The maximum Gasteiger partial charge on any atom is 0.308 e. The lowest BCUT2D eigenvalue weighted by atomic mass is 10.0. The van der Waals surface area contributed by atoms with Gasteiger partial charge in [-0.25, -0.2) is 12.4 Å². The van der Waals surface area contributed by atoms with Gasteiger partial charge in [-0.3, -0.25) is 4.79 Å². The Bertz CT molecular complexity index is 1760. The number of hydrogen-bond donors (Lipinski definition) is 0.